The zero-order valence-corrected chi connectivity index (χ0v) is 15.3. The maximum atomic E-state index is 14.5. The second-order valence-corrected chi connectivity index (χ2v) is 6.89. The maximum Gasteiger partial charge on any atom is 0.129 e. The van der Waals surface area contributed by atoms with Crippen molar-refractivity contribution in [3.05, 3.63) is 52.6 Å². The Morgan fingerprint density at radius 3 is 3.00 bits per heavy atom. The molecule has 1 aromatic heterocycles. The van der Waals surface area contributed by atoms with Gasteiger partial charge >= 0.3 is 0 Å². The molecule has 25 heavy (non-hydrogen) atoms. The Kier molecular flexibility index (Phi) is 6.06. The van der Waals surface area contributed by atoms with E-state index in [0.717, 1.165) is 18.7 Å². The van der Waals surface area contributed by atoms with Crippen LogP contribution in [0.4, 0.5) is 4.39 Å². The second-order valence-electron chi connectivity index (χ2n) is 6.48. The van der Waals surface area contributed by atoms with Crippen molar-refractivity contribution in [2.75, 3.05) is 26.2 Å². The number of aryl methyl sites for hydroxylation is 1. The summed E-state index contributed by atoms with van der Waals surface area (Å²) in [5.74, 6) is -0.264. The molecule has 5 nitrogen and oxygen atoms in total. The molecule has 2 unspecified atom stereocenters. The van der Waals surface area contributed by atoms with Crippen LogP contribution < -0.4 is 5.32 Å². The van der Waals surface area contributed by atoms with Gasteiger partial charge in [-0.05, 0) is 19.1 Å². The first kappa shape index (κ1) is 18.3. The van der Waals surface area contributed by atoms with E-state index in [1.165, 1.54) is 6.07 Å². The lowest BCUT2D eigenvalue weighted by Gasteiger charge is -2.38. The molecule has 1 aliphatic rings. The van der Waals surface area contributed by atoms with Crippen molar-refractivity contribution < 1.29 is 9.13 Å². The van der Waals surface area contributed by atoms with E-state index in [2.05, 4.69) is 15.3 Å². The van der Waals surface area contributed by atoms with Gasteiger partial charge in [0.1, 0.15) is 5.82 Å². The van der Waals surface area contributed by atoms with Crippen molar-refractivity contribution in [3.8, 4) is 0 Å². The normalized spacial score (nSPS) is 19.9. The minimum Gasteiger partial charge on any atom is -0.376 e. The van der Waals surface area contributed by atoms with E-state index in [-0.39, 0.29) is 18.0 Å². The largest absolute Gasteiger partial charge is 0.376 e. The maximum absolute atomic E-state index is 14.5. The Balaban J connectivity index is 1.76. The van der Waals surface area contributed by atoms with Gasteiger partial charge in [-0.2, -0.15) is 5.10 Å². The van der Waals surface area contributed by atoms with Crippen LogP contribution in [0, 0.1) is 5.82 Å². The van der Waals surface area contributed by atoms with Gasteiger partial charge in [0.15, 0.2) is 0 Å². The zero-order chi connectivity index (χ0) is 17.8. The van der Waals surface area contributed by atoms with Gasteiger partial charge in [0, 0.05) is 55.6 Å². The average Bonchev–Trinajstić information content (AvgIpc) is 2.98. The van der Waals surface area contributed by atoms with Gasteiger partial charge in [-0.25, -0.2) is 4.39 Å². The number of nitrogens with zero attached hydrogens (tertiary/aromatic N) is 3. The molecule has 1 aliphatic heterocycles. The van der Waals surface area contributed by atoms with Crippen molar-refractivity contribution in [1.82, 2.24) is 20.0 Å². The molecule has 136 valence electrons. The van der Waals surface area contributed by atoms with Gasteiger partial charge in [-0.15, -0.1) is 0 Å². The summed E-state index contributed by atoms with van der Waals surface area (Å²) in [4.78, 5) is 2.24. The minimum absolute atomic E-state index is 0.125. The number of aromatic nitrogens is 2. The predicted molar refractivity (Wildman–Crippen MR) is 96.1 cm³/mol. The molecule has 0 bridgehead atoms. The number of ether oxygens (including phenoxy) is 1. The lowest BCUT2D eigenvalue weighted by molar-refractivity contribution is -0.0349. The molecule has 2 aromatic rings. The van der Waals surface area contributed by atoms with E-state index < -0.39 is 0 Å². The van der Waals surface area contributed by atoms with Gasteiger partial charge in [0.25, 0.3) is 0 Å². The fraction of sp³-hybridized carbons (Fsp3) is 0.500. The number of benzene rings is 1. The van der Waals surface area contributed by atoms with Gasteiger partial charge in [0.2, 0.25) is 0 Å². The molecular weight excluding hydrogens is 343 g/mol. The van der Waals surface area contributed by atoms with Crippen LogP contribution in [0.2, 0.25) is 5.02 Å². The monoisotopic (exact) mass is 366 g/mol. The summed E-state index contributed by atoms with van der Waals surface area (Å²) in [6, 6.07) is 4.72. The van der Waals surface area contributed by atoms with E-state index in [4.69, 9.17) is 16.3 Å². The molecule has 0 saturated carbocycles. The van der Waals surface area contributed by atoms with E-state index in [1.807, 2.05) is 26.4 Å². The van der Waals surface area contributed by atoms with Gasteiger partial charge in [-0.1, -0.05) is 17.7 Å². The Morgan fingerprint density at radius 2 is 2.32 bits per heavy atom. The third-order valence-electron chi connectivity index (χ3n) is 4.47. The molecule has 0 spiro atoms. The van der Waals surface area contributed by atoms with Crippen LogP contribution >= 0.6 is 11.6 Å². The number of morpholine rings is 1. The van der Waals surface area contributed by atoms with Crippen molar-refractivity contribution in [1.29, 1.82) is 0 Å². The number of hydrogen-bond donors (Lipinski definition) is 1. The highest BCUT2D eigenvalue weighted by molar-refractivity contribution is 6.31. The van der Waals surface area contributed by atoms with Crippen LogP contribution in [0.5, 0.6) is 0 Å². The highest BCUT2D eigenvalue weighted by Gasteiger charge is 2.28. The second kappa shape index (κ2) is 8.27. The van der Waals surface area contributed by atoms with Gasteiger partial charge in [0.05, 0.1) is 24.9 Å². The van der Waals surface area contributed by atoms with Crippen LogP contribution in [-0.4, -0.2) is 47.0 Å². The summed E-state index contributed by atoms with van der Waals surface area (Å²) >= 11 is 6.34. The zero-order valence-electron chi connectivity index (χ0n) is 14.6. The topological polar surface area (TPSA) is 42.3 Å². The molecule has 7 heteroatoms. The van der Waals surface area contributed by atoms with Crippen LogP contribution in [-0.2, 0) is 18.3 Å². The molecule has 2 atom stereocenters. The van der Waals surface area contributed by atoms with Crippen LogP contribution in [0.3, 0.4) is 0 Å². The molecule has 0 aliphatic carbocycles. The average molecular weight is 367 g/mol. The highest BCUT2D eigenvalue weighted by Crippen LogP contribution is 2.31. The molecule has 1 aromatic carbocycles. The highest BCUT2D eigenvalue weighted by atomic mass is 35.5. The molecule has 3 rings (SSSR count). The molecular formula is C18H24ClFN4O. The summed E-state index contributed by atoms with van der Waals surface area (Å²) in [6.45, 7) is 5.47. The van der Waals surface area contributed by atoms with E-state index >= 15 is 0 Å². The molecule has 2 heterocycles. The summed E-state index contributed by atoms with van der Waals surface area (Å²) in [7, 11) is 1.89. The lowest BCUT2D eigenvalue weighted by atomic mass is 10.0. The standard InChI is InChI=1S/C18H24ClFN4O/c1-13-11-24(6-7-25-13)17(18-15(19)4-3-5-16(18)20)10-21-8-14-9-22-23(2)12-14/h3-5,9,12-13,17,21H,6-8,10-11H2,1-2H3. The first-order valence-corrected chi connectivity index (χ1v) is 8.90. The number of nitrogens with one attached hydrogen (secondary N) is 1. The Bertz CT molecular complexity index is 688. The Labute approximate surface area is 152 Å². The van der Waals surface area contributed by atoms with E-state index in [9.17, 15) is 4.39 Å². The molecule has 1 saturated heterocycles. The summed E-state index contributed by atoms with van der Waals surface area (Å²) < 4.78 is 21.9. The van der Waals surface area contributed by atoms with Crippen LogP contribution in [0.15, 0.2) is 30.6 Å². The number of rotatable bonds is 6. The van der Waals surface area contributed by atoms with Gasteiger partial charge < -0.3 is 10.1 Å². The quantitative estimate of drug-likeness (QED) is 0.853. The summed E-state index contributed by atoms with van der Waals surface area (Å²) in [6.07, 6.45) is 3.92. The first-order chi connectivity index (χ1) is 12.0. The molecule has 0 radical (unpaired) electrons. The molecule has 0 amide bonds. The minimum atomic E-state index is -0.264. The van der Waals surface area contributed by atoms with Crippen LogP contribution in [0.25, 0.3) is 0 Å². The number of halogens is 2. The van der Waals surface area contributed by atoms with E-state index in [0.29, 0.717) is 30.3 Å². The fourth-order valence-corrected chi connectivity index (χ4v) is 3.58. The molecule has 1 N–H and O–H groups in total. The molecule has 1 fully saturated rings. The fourth-order valence-electron chi connectivity index (χ4n) is 3.29. The van der Waals surface area contributed by atoms with Crippen LogP contribution in [0.1, 0.15) is 24.1 Å². The lowest BCUT2D eigenvalue weighted by Crippen LogP contribution is -2.46. The van der Waals surface area contributed by atoms with Crippen molar-refractivity contribution >= 4 is 11.6 Å². The summed E-state index contributed by atoms with van der Waals surface area (Å²) in [5, 5.41) is 8.05. The van der Waals surface area contributed by atoms with E-state index in [1.54, 1.807) is 16.8 Å². The van der Waals surface area contributed by atoms with Crippen molar-refractivity contribution in [2.24, 2.45) is 7.05 Å². The predicted octanol–water partition coefficient (Wildman–Crippen LogP) is 2.76. The SMILES string of the molecule is CC1CN(C(CNCc2cnn(C)c2)c2c(F)cccc2Cl)CCO1. The third kappa shape index (κ3) is 4.58. The van der Waals surface area contributed by atoms with Crippen molar-refractivity contribution in [3.63, 3.8) is 0 Å². The summed E-state index contributed by atoms with van der Waals surface area (Å²) in [5.41, 5.74) is 1.65. The third-order valence-corrected chi connectivity index (χ3v) is 4.80. The first-order valence-electron chi connectivity index (χ1n) is 8.52. The smallest absolute Gasteiger partial charge is 0.129 e. The van der Waals surface area contributed by atoms with Gasteiger partial charge in [-0.3, -0.25) is 9.58 Å². The number of hydrogen-bond acceptors (Lipinski definition) is 4. The Morgan fingerprint density at radius 1 is 1.48 bits per heavy atom. The Hall–Kier alpha value is -1.47. The van der Waals surface area contributed by atoms with Crippen molar-refractivity contribution in [2.45, 2.75) is 25.6 Å².